The Kier molecular flexibility index (Phi) is 4.11. The van der Waals surface area contributed by atoms with Crippen LogP contribution in [0.4, 0.5) is 0 Å². The van der Waals surface area contributed by atoms with E-state index in [4.69, 9.17) is 0 Å². The summed E-state index contributed by atoms with van der Waals surface area (Å²) in [5, 5.41) is 7.83. The molecule has 1 unspecified atom stereocenters. The lowest BCUT2D eigenvalue weighted by Gasteiger charge is -2.34. The number of hydrogen-bond donors (Lipinski definition) is 1. The van der Waals surface area contributed by atoms with Crippen LogP contribution in [0.25, 0.3) is 10.9 Å². The van der Waals surface area contributed by atoms with Gasteiger partial charge >= 0.3 is 0 Å². The molecule has 2 aliphatic heterocycles. The van der Waals surface area contributed by atoms with Gasteiger partial charge in [0.1, 0.15) is 0 Å². The standard InChI is InChI=1S/C22H22N4O2/c27-21(15-7-8-20-19(10-15)11-23-24-20)25-9-3-6-18(14-25)22(28)26-12-16-4-1-2-5-17(16)13-26/h1-2,4-5,7-8,10-11,18H,3,6,9,12-14H2,(H,23,24). The number of benzene rings is 2. The third-order valence-corrected chi connectivity index (χ3v) is 5.90. The van der Waals surface area contributed by atoms with E-state index in [9.17, 15) is 9.59 Å². The summed E-state index contributed by atoms with van der Waals surface area (Å²) in [6, 6.07) is 13.8. The molecule has 1 aromatic heterocycles. The van der Waals surface area contributed by atoms with Crippen LogP contribution in [0.15, 0.2) is 48.7 Å². The minimum absolute atomic E-state index is 0.00897. The fourth-order valence-electron chi connectivity index (χ4n) is 4.37. The van der Waals surface area contributed by atoms with Gasteiger partial charge in [0.2, 0.25) is 5.91 Å². The zero-order valence-electron chi connectivity index (χ0n) is 15.6. The minimum Gasteiger partial charge on any atom is -0.338 e. The lowest BCUT2D eigenvalue weighted by molar-refractivity contribution is -0.137. The lowest BCUT2D eigenvalue weighted by Crippen LogP contribution is -2.45. The number of amides is 2. The van der Waals surface area contributed by atoms with Crippen molar-refractivity contribution in [2.75, 3.05) is 13.1 Å². The van der Waals surface area contributed by atoms with Gasteiger partial charge in [-0.15, -0.1) is 0 Å². The van der Waals surface area contributed by atoms with Gasteiger partial charge in [0.25, 0.3) is 5.91 Å². The number of nitrogens with zero attached hydrogens (tertiary/aromatic N) is 3. The zero-order valence-corrected chi connectivity index (χ0v) is 15.6. The molecule has 3 heterocycles. The van der Waals surface area contributed by atoms with Gasteiger partial charge in [-0.3, -0.25) is 14.7 Å². The van der Waals surface area contributed by atoms with Crippen molar-refractivity contribution < 1.29 is 9.59 Å². The van der Waals surface area contributed by atoms with Crippen LogP contribution in [0.2, 0.25) is 0 Å². The van der Waals surface area contributed by atoms with Gasteiger partial charge < -0.3 is 9.80 Å². The Morgan fingerprint density at radius 1 is 1.04 bits per heavy atom. The van der Waals surface area contributed by atoms with E-state index in [1.165, 1.54) is 11.1 Å². The van der Waals surface area contributed by atoms with E-state index < -0.39 is 0 Å². The van der Waals surface area contributed by atoms with Gasteiger partial charge in [-0.1, -0.05) is 24.3 Å². The molecule has 2 aromatic carbocycles. The van der Waals surface area contributed by atoms with Crippen molar-refractivity contribution in [3.8, 4) is 0 Å². The quantitative estimate of drug-likeness (QED) is 0.750. The summed E-state index contributed by atoms with van der Waals surface area (Å²) in [5.74, 6) is 0.0361. The van der Waals surface area contributed by atoms with Crippen LogP contribution in [0.3, 0.4) is 0 Å². The predicted molar refractivity (Wildman–Crippen MR) is 105 cm³/mol. The van der Waals surface area contributed by atoms with E-state index in [1.807, 2.05) is 40.1 Å². The molecule has 6 heteroatoms. The molecule has 1 saturated heterocycles. The first-order valence-electron chi connectivity index (χ1n) is 9.77. The maximum atomic E-state index is 13.1. The number of aromatic amines is 1. The highest BCUT2D eigenvalue weighted by molar-refractivity contribution is 5.98. The first-order valence-corrected chi connectivity index (χ1v) is 9.77. The molecule has 3 aromatic rings. The summed E-state index contributed by atoms with van der Waals surface area (Å²) in [6.45, 7) is 2.55. The summed E-state index contributed by atoms with van der Waals surface area (Å²) in [4.78, 5) is 29.9. The Bertz CT molecular complexity index is 1030. The topological polar surface area (TPSA) is 69.3 Å². The van der Waals surface area contributed by atoms with Gasteiger partial charge in [0.05, 0.1) is 17.6 Å². The van der Waals surface area contributed by atoms with Crippen molar-refractivity contribution in [2.45, 2.75) is 25.9 Å². The van der Waals surface area contributed by atoms with Gasteiger partial charge in [-0.2, -0.15) is 5.10 Å². The third kappa shape index (κ3) is 2.95. The number of fused-ring (bicyclic) bond motifs is 2. The van der Waals surface area contributed by atoms with Gasteiger partial charge in [0, 0.05) is 37.1 Å². The number of carbonyl (C=O) groups is 2. The zero-order chi connectivity index (χ0) is 19.1. The Hall–Kier alpha value is -3.15. The van der Waals surface area contributed by atoms with Crippen molar-refractivity contribution in [3.05, 3.63) is 65.4 Å². The third-order valence-electron chi connectivity index (χ3n) is 5.90. The van der Waals surface area contributed by atoms with E-state index in [0.717, 1.165) is 23.7 Å². The maximum absolute atomic E-state index is 13.1. The van der Waals surface area contributed by atoms with Crippen molar-refractivity contribution >= 4 is 22.7 Å². The average Bonchev–Trinajstić information content (AvgIpc) is 3.38. The Morgan fingerprint density at radius 2 is 1.82 bits per heavy atom. The number of nitrogens with one attached hydrogen (secondary N) is 1. The first kappa shape index (κ1) is 17.0. The van der Waals surface area contributed by atoms with E-state index in [0.29, 0.717) is 31.7 Å². The summed E-state index contributed by atoms with van der Waals surface area (Å²) < 4.78 is 0. The monoisotopic (exact) mass is 374 g/mol. The van der Waals surface area contributed by atoms with Crippen LogP contribution in [-0.4, -0.2) is 44.9 Å². The highest BCUT2D eigenvalue weighted by Crippen LogP contribution is 2.27. The molecule has 0 radical (unpaired) electrons. The molecular formula is C22H22N4O2. The van der Waals surface area contributed by atoms with E-state index in [-0.39, 0.29) is 17.7 Å². The second kappa shape index (κ2) is 6.78. The lowest BCUT2D eigenvalue weighted by atomic mass is 9.95. The van der Waals surface area contributed by atoms with E-state index in [2.05, 4.69) is 22.3 Å². The maximum Gasteiger partial charge on any atom is 0.253 e. The Morgan fingerprint density at radius 3 is 2.61 bits per heavy atom. The Labute approximate surface area is 163 Å². The first-order chi connectivity index (χ1) is 13.7. The molecule has 0 aliphatic carbocycles. The molecule has 6 nitrogen and oxygen atoms in total. The van der Waals surface area contributed by atoms with Crippen LogP contribution in [0.1, 0.15) is 34.3 Å². The number of rotatable bonds is 2. The molecule has 0 bridgehead atoms. The van der Waals surface area contributed by atoms with Crippen molar-refractivity contribution in [3.63, 3.8) is 0 Å². The number of hydrogen-bond acceptors (Lipinski definition) is 3. The number of aromatic nitrogens is 2. The average molecular weight is 374 g/mol. The molecule has 2 amide bonds. The summed E-state index contributed by atoms with van der Waals surface area (Å²) in [7, 11) is 0. The fourth-order valence-corrected chi connectivity index (χ4v) is 4.37. The highest BCUT2D eigenvalue weighted by atomic mass is 16.2. The molecule has 5 rings (SSSR count). The normalized spacial score (nSPS) is 19.1. The van der Waals surface area contributed by atoms with Crippen LogP contribution < -0.4 is 0 Å². The summed E-state index contributed by atoms with van der Waals surface area (Å²) >= 11 is 0. The molecule has 1 atom stereocenters. The summed E-state index contributed by atoms with van der Waals surface area (Å²) in [5.41, 5.74) is 4.02. The largest absolute Gasteiger partial charge is 0.338 e. The molecule has 28 heavy (non-hydrogen) atoms. The molecule has 2 aliphatic rings. The molecule has 0 spiro atoms. The van der Waals surface area contributed by atoms with Crippen molar-refractivity contribution in [1.29, 1.82) is 0 Å². The number of likely N-dealkylation sites (tertiary alicyclic amines) is 1. The van der Waals surface area contributed by atoms with Crippen molar-refractivity contribution in [2.24, 2.45) is 5.92 Å². The molecule has 142 valence electrons. The van der Waals surface area contributed by atoms with Gasteiger partial charge in [-0.25, -0.2) is 0 Å². The van der Waals surface area contributed by atoms with Crippen LogP contribution in [0.5, 0.6) is 0 Å². The minimum atomic E-state index is -0.121. The number of piperidine rings is 1. The number of H-pyrrole nitrogens is 1. The Balaban J connectivity index is 1.29. The number of carbonyl (C=O) groups excluding carboxylic acids is 2. The second-order valence-electron chi connectivity index (χ2n) is 7.73. The molecular weight excluding hydrogens is 352 g/mol. The van der Waals surface area contributed by atoms with E-state index in [1.54, 1.807) is 6.20 Å². The second-order valence-corrected chi connectivity index (χ2v) is 7.73. The highest BCUT2D eigenvalue weighted by Gasteiger charge is 2.33. The van der Waals surface area contributed by atoms with Crippen molar-refractivity contribution in [1.82, 2.24) is 20.0 Å². The van der Waals surface area contributed by atoms with Crippen LogP contribution in [0, 0.1) is 5.92 Å². The molecule has 0 saturated carbocycles. The smallest absolute Gasteiger partial charge is 0.253 e. The SMILES string of the molecule is O=C(c1ccc2[nH]ncc2c1)N1CCCC(C(=O)N2Cc3ccccc3C2)C1. The van der Waals surface area contributed by atoms with Gasteiger partial charge in [0.15, 0.2) is 0 Å². The van der Waals surface area contributed by atoms with Gasteiger partial charge in [-0.05, 0) is 42.2 Å². The molecule has 1 N–H and O–H groups in total. The van der Waals surface area contributed by atoms with Crippen LogP contribution in [-0.2, 0) is 17.9 Å². The predicted octanol–water partition coefficient (Wildman–Crippen LogP) is 2.96. The molecule has 1 fully saturated rings. The van der Waals surface area contributed by atoms with Crippen LogP contribution >= 0.6 is 0 Å². The van der Waals surface area contributed by atoms with E-state index >= 15 is 0 Å². The fraction of sp³-hybridized carbons (Fsp3) is 0.318. The summed E-state index contributed by atoms with van der Waals surface area (Å²) in [6.07, 6.45) is 3.42.